The molecule has 5 rings (SSSR count). The zero-order valence-electron chi connectivity index (χ0n) is 25.6. The molecule has 1 aliphatic rings. The summed E-state index contributed by atoms with van der Waals surface area (Å²) in [6.45, 7) is 0.861. The van der Waals surface area contributed by atoms with Crippen molar-refractivity contribution in [3.8, 4) is 5.75 Å². The Kier molecular flexibility index (Phi) is 11.6. The molecule has 0 bridgehead atoms. The first kappa shape index (κ1) is 33.2. The van der Waals surface area contributed by atoms with Crippen LogP contribution in [-0.2, 0) is 22.6 Å². The summed E-state index contributed by atoms with van der Waals surface area (Å²) in [7, 11) is 0. The van der Waals surface area contributed by atoms with Gasteiger partial charge in [-0.1, -0.05) is 95.6 Å². The van der Waals surface area contributed by atoms with Crippen LogP contribution in [0.1, 0.15) is 46.8 Å². The number of rotatable bonds is 15. The summed E-state index contributed by atoms with van der Waals surface area (Å²) >= 11 is 6.05. The predicted octanol–water partition coefficient (Wildman–Crippen LogP) is 7.09. The number of aliphatic imine (C=N–C) groups is 1. The number of hydrazine groups is 1. The number of azide groups is 1. The van der Waals surface area contributed by atoms with Crippen LogP contribution in [0.4, 0.5) is 0 Å². The summed E-state index contributed by atoms with van der Waals surface area (Å²) in [5, 5.41) is 13.5. The third-order valence-corrected chi connectivity index (χ3v) is 7.87. The Morgan fingerprint density at radius 3 is 2.53 bits per heavy atom. The first-order chi connectivity index (χ1) is 23.0. The van der Waals surface area contributed by atoms with Crippen LogP contribution in [0.5, 0.6) is 5.75 Å². The van der Waals surface area contributed by atoms with Crippen LogP contribution in [0.3, 0.4) is 0 Å². The summed E-state index contributed by atoms with van der Waals surface area (Å²) in [4.78, 5) is 22.4. The summed E-state index contributed by atoms with van der Waals surface area (Å²) in [5.74, 6) is 0.529. The molecule has 240 valence electrons. The Bertz CT molecular complexity index is 1740. The maximum atomic E-state index is 14.4. The number of hydrogen-bond donors (Lipinski definition) is 3. The van der Waals surface area contributed by atoms with Crippen LogP contribution in [-0.4, -0.2) is 35.7 Å². The van der Waals surface area contributed by atoms with Crippen molar-refractivity contribution in [1.29, 1.82) is 0 Å². The fraction of sp³-hybridized carbons (Fsp3) is 0.222. The number of carbonyl (C=O) groups is 1. The molecular formula is C36H35ClN6O4. The highest BCUT2D eigenvalue weighted by Crippen LogP contribution is 2.44. The first-order valence-electron chi connectivity index (χ1n) is 15.2. The standard InChI is InChI=1S/C36H35ClN6O4/c37-30-17-13-27(14-18-30)24-39-42-35(45)36(21-6-10-26-8-2-1-3-9-26)33(32-12-5-4-11-29(32)25-40-43-38)47-34(41-36)28-15-19-31(20-16-28)46-23-7-22-44/h1-6,8-20,33,39,44H,7,21-25H2,(H,42,45)/b10-6+/t33-,36-/m0/s1. The van der Waals surface area contributed by atoms with Gasteiger partial charge in [0, 0.05) is 41.5 Å². The third-order valence-electron chi connectivity index (χ3n) is 7.62. The number of carbonyl (C=O) groups excluding carboxylic acids is 1. The first-order valence-corrected chi connectivity index (χ1v) is 15.6. The van der Waals surface area contributed by atoms with Gasteiger partial charge in [-0.2, -0.15) is 0 Å². The molecular weight excluding hydrogens is 616 g/mol. The predicted molar refractivity (Wildman–Crippen MR) is 183 cm³/mol. The molecule has 0 unspecified atom stereocenters. The third kappa shape index (κ3) is 8.58. The average Bonchev–Trinajstić information content (AvgIpc) is 3.49. The molecule has 0 saturated heterocycles. The number of aliphatic hydroxyl groups excluding tert-OH is 1. The largest absolute Gasteiger partial charge is 0.494 e. The van der Waals surface area contributed by atoms with Crippen molar-refractivity contribution in [2.24, 2.45) is 10.1 Å². The van der Waals surface area contributed by atoms with E-state index < -0.39 is 17.6 Å². The minimum atomic E-state index is -1.45. The van der Waals surface area contributed by atoms with Crippen LogP contribution < -0.4 is 15.6 Å². The van der Waals surface area contributed by atoms with E-state index in [0.717, 1.165) is 16.7 Å². The van der Waals surface area contributed by atoms with E-state index in [-0.39, 0.29) is 25.5 Å². The van der Waals surface area contributed by atoms with E-state index in [2.05, 4.69) is 20.9 Å². The molecule has 0 saturated carbocycles. The smallest absolute Gasteiger partial charge is 0.266 e. The van der Waals surface area contributed by atoms with Crippen molar-refractivity contribution in [3.63, 3.8) is 0 Å². The lowest BCUT2D eigenvalue weighted by Crippen LogP contribution is -2.52. The Hall–Kier alpha value is -5.12. The number of amides is 1. The number of aliphatic hydroxyl groups is 1. The number of benzene rings is 4. The second kappa shape index (κ2) is 16.4. The van der Waals surface area contributed by atoms with Crippen molar-refractivity contribution in [1.82, 2.24) is 10.9 Å². The van der Waals surface area contributed by atoms with Gasteiger partial charge in [-0.25, -0.2) is 10.4 Å². The minimum absolute atomic E-state index is 0.0443. The number of hydrogen-bond acceptors (Lipinski definition) is 7. The van der Waals surface area contributed by atoms with Crippen molar-refractivity contribution in [2.45, 2.75) is 37.6 Å². The van der Waals surface area contributed by atoms with Gasteiger partial charge in [0.2, 0.25) is 5.90 Å². The van der Waals surface area contributed by atoms with Crippen molar-refractivity contribution < 1.29 is 19.4 Å². The molecule has 0 aliphatic carbocycles. The molecule has 10 nitrogen and oxygen atoms in total. The highest BCUT2D eigenvalue weighted by Gasteiger charge is 2.53. The molecule has 2 atom stereocenters. The minimum Gasteiger partial charge on any atom is -0.494 e. The molecule has 1 aliphatic heterocycles. The van der Waals surface area contributed by atoms with E-state index in [0.29, 0.717) is 41.5 Å². The van der Waals surface area contributed by atoms with Gasteiger partial charge in [0.15, 0.2) is 11.6 Å². The Morgan fingerprint density at radius 1 is 1.04 bits per heavy atom. The average molecular weight is 651 g/mol. The molecule has 1 amide bonds. The normalized spacial score (nSPS) is 17.1. The van der Waals surface area contributed by atoms with Crippen LogP contribution >= 0.6 is 11.6 Å². The molecule has 11 heteroatoms. The van der Waals surface area contributed by atoms with Gasteiger partial charge in [0.05, 0.1) is 13.2 Å². The van der Waals surface area contributed by atoms with Gasteiger partial charge in [0.1, 0.15) is 5.75 Å². The van der Waals surface area contributed by atoms with E-state index >= 15 is 0 Å². The molecule has 47 heavy (non-hydrogen) atoms. The molecule has 3 N–H and O–H groups in total. The van der Waals surface area contributed by atoms with Crippen LogP contribution in [0.2, 0.25) is 5.02 Å². The zero-order valence-corrected chi connectivity index (χ0v) is 26.4. The molecule has 0 radical (unpaired) electrons. The van der Waals surface area contributed by atoms with Crippen LogP contribution in [0.15, 0.2) is 119 Å². The summed E-state index contributed by atoms with van der Waals surface area (Å²) in [6.07, 6.45) is 3.73. The number of nitrogens with one attached hydrogen (secondary N) is 2. The van der Waals surface area contributed by atoms with Gasteiger partial charge >= 0.3 is 0 Å². The number of ether oxygens (including phenoxy) is 2. The SMILES string of the molecule is [N-]=[N+]=NCc1ccccc1[C@@H]1OC(c2ccc(OCCCO)cc2)=N[C@]1(C/C=C/c1ccccc1)C(=O)NNCc1ccc(Cl)cc1. The molecule has 1 heterocycles. The topological polar surface area (TPSA) is 141 Å². The molecule has 4 aromatic carbocycles. The monoisotopic (exact) mass is 650 g/mol. The lowest BCUT2D eigenvalue weighted by molar-refractivity contribution is -0.129. The van der Waals surface area contributed by atoms with Crippen LogP contribution in [0.25, 0.3) is 16.5 Å². The van der Waals surface area contributed by atoms with Gasteiger partial charge in [-0.15, -0.1) is 0 Å². The van der Waals surface area contributed by atoms with E-state index in [1.807, 2.05) is 91.0 Å². The van der Waals surface area contributed by atoms with E-state index in [9.17, 15) is 4.79 Å². The van der Waals surface area contributed by atoms with Crippen LogP contribution in [0, 0.1) is 0 Å². The number of nitrogens with zero attached hydrogens (tertiary/aromatic N) is 4. The second-order valence-corrected chi connectivity index (χ2v) is 11.3. The molecule has 4 aromatic rings. The Balaban J connectivity index is 1.53. The van der Waals surface area contributed by atoms with Gasteiger partial charge in [-0.3, -0.25) is 10.2 Å². The lowest BCUT2D eigenvalue weighted by Gasteiger charge is -2.31. The van der Waals surface area contributed by atoms with E-state index in [1.165, 1.54) is 0 Å². The van der Waals surface area contributed by atoms with Crippen molar-refractivity contribution >= 4 is 29.5 Å². The highest BCUT2D eigenvalue weighted by atomic mass is 35.5. The molecule has 0 spiro atoms. The summed E-state index contributed by atoms with van der Waals surface area (Å²) in [5.41, 5.74) is 17.5. The van der Waals surface area contributed by atoms with Gasteiger partial charge in [-0.05, 0) is 64.2 Å². The second-order valence-electron chi connectivity index (χ2n) is 10.8. The quantitative estimate of drug-likeness (QED) is 0.0414. The summed E-state index contributed by atoms with van der Waals surface area (Å²) < 4.78 is 12.3. The Morgan fingerprint density at radius 2 is 1.79 bits per heavy atom. The van der Waals surface area contributed by atoms with E-state index in [4.69, 9.17) is 36.7 Å². The van der Waals surface area contributed by atoms with Crippen molar-refractivity contribution in [2.75, 3.05) is 13.2 Å². The maximum Gasteiger partial charge on any atom is 0.266 e. The van der Waals surface area contributed by atoms with Gasteiger partial charge in [0.25, 0.3) is 5.91 Å². The number of halogens is 1. The fourth-order valence-corrected chi connectivity index (χ4v) is 5.34. The Labute approximate surface area is 278 Å². The molecule has 0 aromatic heterocycles. The molecule has 0 fully saturated rings. The fourth-order valence-electron chi connectivity index (χ4n) is 5.21. The summed E-state index contributed by atoms with van der Waals surface area (Å²) in [6, 6.07) is 31.8. The zero-order chi connectivity index (χ0) is 32.9. The maximum absolute atomic E-state index is 14.4. The van der Waals surface area contributed by atoms with E-state index in [1.54, 1.807) is 24.3 Å². The lowest BCUT2D eigenvalue weighted by atomic mass is 9.82. The van der Waals surface area contributed by atoms with Crippen molar-refractivity contribution in [3.05, 3.63) is 152 Å². The van der Waals surface area contributed by atoms with Gasteiger partial charge < -0.3 is 14.6 Å². The highest BCUT2D eigenvalue weighted by molar-refractivity contribution is 6.30.